The number of anilines is 2. The van der Waals surface area contributed by atoms with Crippen molar-refractivity contribution in [1.29, 1.82) is 0 Å². The van der Waals surface area contributed by atoms with E-state index >= 15 is 0 Å². The van der Waals surface area contributed by atoms with Crippen molar-refractivity contribution in [3.05, 3.63) is 18.0 Å². The molecule has 1 saturated heterocycles. The SMILES string of the molecule is CC1CN(C)CCCN1c1cc(C(F)(F)F)ncc1N. The standard InChI is InChI=1S/C13H19F3N4/c1-9-8-19(2)4-3-5-20(9)11-6-12(13(14,15)16)18-7-10(11)17/h6-7,9H,3-5,8,17H2,1-2H3. The summed E-state index contributed by atoms with van der Waals surface area (Å²) in [6.45, 7) is 4.41. The first kappa shape index (κ1) is 14.9. The molecule has 1 fully saturated rings. The number of nitrogens with zero attached hydrogens (tertiary/aromatic N) is 3. The van der Waals surface area contributed by atoms with Gasteiger partial charge >= 0.3 is 6.18 Å². The first-order chi connectivity index (χ1) is 9.29. The number of likely N-dealkylation sites (N-methyl/N-ethyl adjacent to an activating group) is 1. The minimum absolute atomic E-state index is 0.105. The molecule has 0 radical (unpaired) electrons. The summed E-state index contributed by atoms with van der Waals surface area (Å²) >= 11 is 0. The molecule has 0 aromatic carbocycles. The number of nitrogen functional groups attached to an aromatic ring is 1. The number of hydrogen-bond donors (Lipinski definition) is 1. The summed E-state index contributed by atoms with van der Waals surface area (Å²) in [7, 11) is 2.01. The summed E-state index contributed by atoms with van der Waals surface area (Å²) < 4.78 is 38.3. The van der Waals surface area contributed by atoms with Crippen molar-refractivity contribution in [3.8, 4) is 0 Å². The molecule has 0 amide bonds. The van der Waals surface area contributed by atoms with E-state index in [1.165, 1.54) is 0 Å². The van der Waals surface area contributed by atoms with Crippen molar-refractivity contribution in [1.82, 2.24) is 9.88 Å². The van der Waals surface area contributed by atoms with Crippen molar-refractivity contribution >= 4 is 11.4 Å². The summed E-state index contributed by atoms with van der Waals surface area (Å²) in [5.41, 5.74) is 5.64. The molecule has 0 spiro atoms. The van der Waals surface area contributed by atoms with Crippen molar-refractivity contribution in [2.75, 3.05) is 37.3 Å². The fourth-order valence-corrected chi connectivity index (χ4v) is 2.59. The number of nitrogens with two attached hydrogens (primary N) is 1. The molecule has 1 atom stereocenters. The highest BCUT2D eigenvalue weighted by molar-refractivity contribution is 5.67. The second-order valence-corrected chi connectivity index (χ2v) is 5.28. The van der Waals surface area contributed by atoms with Crippen molar-refractivity contribution in [3.63, 3.8) is 0 Å². The molecule has 2 N–H and O–H groups in total. The highest BCUT2D eigenvalue weighted by Crippen LogP contribution is 2.33. The first-order valence-electron chi connectivity index (χ1n) is 6.57. The van der Waals surface area contributed by atoms with Gasteiger partial charge < -0.3 is 15.5 Å². The zero-order chi connectivity index (χ0) is 14.9. The molecule has 4 nitrogen and oxygen atoms in total. The number of rotatable bonds is 1. The second kappa shape index (κ2) is 5.47. The zero-order valence-corrected chi connectivity index (χ0v) is 11.6. The van der Waals surface area contributed by atoms with Gasteiger partial charge in [0.25, 0.3) is 0 Å². The maximum Gasteiger partial charge on any atom is 0.433 e. The number of hydrogen-bond acceptors (Lipinski definition) is 4. The molecule has 1 unspecified atom stereocenters. The fourth-order valence-electron chi connectivity index (χ4n) is 2.59. The summed E-state index contributed by atoms with van der Waals surface area (Å²) in [4.78, 5) is 7.49. The van der Waals surface area contributed by atoms with Crippen LogP contribution in [0.2, 0.25) is 0 Å². The Bertz CT molecular complexity index is 475. The van der Waals surface area contributed by atoms with Gasteiger partial charge in [0.05, 0.1) is 17.6 Å². The molecule has 20 heavy (non-hydrogen) atoms. The molecule has 0 aliphatic carbocycles. The van der Waals surface area contributed by atoms with Crippen LogP contribution in [0.5, 0.6) is 0 Å². The molecular weight excluding hydrogens is 269 g/mol. The zero-order valence-electron chi connectivity index (χ0n) is 11.6. The van der Waals surface area contributed by atoms with Crippen LogP contribution in [0.25, 0.3) is 0 Å². The highest BCUT2D eigenvalue weighted by atomic mass is 19.4. The lowest BCUT2D eigenvalue weighted by molar-refractivity contribution is -0.141. The summed E-state index contributed by atoms with van der Waals surface area (Å²) in [6.07, 6.45) is -2.46. The van der Waals surface area contributed by atoms with Crippen LogP contribution < -0.4 is 10.6 Å². The van der Waals surface area contributed by atoms with Crippen LogP contribution >= 0.6 is 0 Å². The van der Waals surface area contributed by atoms with E-state index in [1.807, 2.05) is 18.9 Å². The molecule has 1 aromatic heterocycles. The van der Waals surface area contributed by atoms with E-state index in [0.29, 0.717) is 12.2 Å². The minimum atomic E-state index is -4.45. The van der Waals surface area contributed by atoms with Gasteiger partial charge in [-0.2, -0.15) is 13.2 Å². The number of pyridine rings is 1. The van der Waals surface area contributed by atoms with E-state index in [2.05, 4.69) is 9.88 Å². The molecular formula is C13H19F3N4. The highest BCUT2D eigenvalue weighted by Gasteiger charge is 2.34. The maximum absolute atomic E-state index is 12.8. The third kappa shape index (κ3) is 3.15. The van der Waals surface area contributed by atoms with E-state index in [9.17, 15) is 13.2 Å². The summed E-state index contributed by atoms with van der Waals surface area (Å²) in [5, 5.41) is 0. The quantitative estimate of drug-likeness (QED) is 0.860. The number of halogens is 3. The summed E-state index contributed by atoms with van der Waals surface area (Å²) in [6, 6.07) is 1.16. The molecule has 0 bridgehead atoms. The lowest BCUT2D eigenvalue weighted by Crippen LogP contribution is -2.38. The second-order valence-electron chi connectivity index (χ2n) is 5.28. The number of aromatic nitrogens is 1. The Kier molecular flexibility index (Phi) is 4.08. The average Bonchev–Trinajstić information content (AvgIpc) is 2.49. The van der Waals surface area contributed by atoms with Gasteiger partial charge in [-0.1, -0.05) is 0 Å². The molecule has 1 aliphatic heterocycles. The van der Waals surface area contributed by atoms with Gasteiger partial charge in [0.1, 0.15) is 5.69 Å². The largest absolute Gasteiger partial charge is 0.433 e. The molecule has 2 heterocycles. The monoisotopic (exact) mass is 288 g/mol. The van der Waals surface area contributed by atoms with Gasteiger partial charge in [-0.15, -0.1) is 0 Å². The normalized spacial score (nSPS) is 21.9. The smallest absolute Gasteiger partial charge is 0.396 e. The molecule has 7 heteroatoms. The van der Waals surface area contributed by atoms with Gasteiger partial charge in [0, 0.05) is 19.1 Å². The minimum Gasteiger partial charge on any atom is -0.396 e. The van der Waals surface area contributed by atoms with E-state index < -0.39 is 11.9 Å². The van der Waals surface area contributed by atoms with Crippen LogP contribution in [0.4, 0.5) is 24.5 Å². The Labute approximate surface area is 116 Å². The maximum atomic E-state index is 12.8. The summed E-state index contributed by atoms with van der Waals surface area (Å²) in [5.74, 6) is 0. The lowest BCUT2D eigenvalue weighted by Gasteiger charge is -2.31. The van der Waals surface area contributed by atoms with Crippen LogP contribution in [0.3, 0.4) is 0 Å². The predicted molar refractivity (Wildman–Crippen MR) is 72.6 cm³/mol. The Hall–Kier alpha value is -1.50. The fraction of sp³-hybridized carbons (Fsp3) is 0.615. The molecule has 2 rings (SSSR count). The van der Waals surface area contributed by atoms with Crippen LogP contribution in [-0.4, -0.2) is 42.6 Å². The van der Waals surface area contributed by atoms with Crippen molar-refractivity contribution in [2.24, 2.45) is 0 Å². The van der Waals surface area contributed by atoms with Gasteiger partial charge in [0.15, 0.2) is 0 Å². The Morgan fingerprint density at radius 2 is 2.05 bits per heavy atom. The van der Waals surface area contributed by atoms with Gasteiger partial charge in [0.2, 0.25) is 0 Å². The van der Waals surface area contributed by atoms with Gasteiger partial charge in [-0.25, -0.2) is 4.98 Å². The molecule has 1 aliphatic rings. The van der Waals surface area contributed by atoms with Crippen LogP contribution in [0, 0.1) is 0 Å². The third-order valence-corrected chi connectivity index (χ3v) is 3.56. The first-order valence-corrected chi connectivity index (χ1v) is 6.57. The van der Waals surface area contributed by atoms with E-state index in [0.717, 1.165) is 31.8 Å². The van der Waals surface area contributed by atoms with Crippen LogP contribution in [-0.2, 0) is 6.18 Å². The van der Waals surface area contributed by atoms with Gasteiger partial charge in [-0.3, -0.25) is 0 Å². The Morgan fingerprint density at radius 3 is 2.70 bits per heavy atom. The Morgan fingerprint density at radius 1 is 1.35 bits per heavy atom. The lowest BCUT2D eigenvalue weighted by atomic mass is 10.2. The van der Waals surface area contributed by atoms with E-state index in [4.69, 9.17) is 5.73 Å². The molecule has 1 aromatic rings. The Balaban J connectivity index is 2.35. The van der Waals surface area contributed by atoms with Crippen LogP contribution in [0.1, 0.15) is 19.0 Å². The topological polar surface area (TPSA) is 45.4 Å². The predicted octanol–water partition coefficient (Wildman–Crippen LogP) is 2.21. The third-order valence-electron chi connectivity index (χ3n) is 3.56. The van der Waals surface area contributed by atoms with Crippen LogP contribution in [0.15, 0.2) is 12.3 Å². The van der Waals surface area contributed by atoms with Gasteiger partial charge in [-0.05, 0) is 33.0 Å². The van der Waals surface area contributed by atoms with E-state index in [1.54, 1.807) is 0 Å². The number of alkyl halides is 3. The molecule has 112 valence electrons. The van der Waals surface area contributed by atoms with Crippen molar-refractivity contribution in [2.45, 2.75) is 25.6 Å². The van der Waals surface area contributed by atoms with Crippen molar-refractivity contribution < 1.29 is 13.2 Å². The van der Waals surface area contributed by atoms with E-state index in [-0.39, 0.29) is 11.7 Å². The molecule has 0 saturated carbocycles. The average molecular weight is 288 g/mol.